The molecule has 192 valence electrons. The van der Waals surface area contributed by atoms with Gasteiger partial charge in [0.05, 0.1) is 22.7 Å². The topological polar surface area (TPSA) is 84.4 Å². The number of hydrazine groups is 2. The quantitative estimate of drug-likeness (QED) is 0.316. The number of carbonyl (C=O) groups is 3. The molecule has 4 aromatic rings. The Morgan fingerprint density at radius 2 is 0.872 bits per heavy atom. The van der Waals surface area contributed by atoms with Crippen LogP contribution in [0, 0.1) is 5.92 Å². The van der Waals surface area contributed by atoms with Crippen LogP contribution in [0.15, 0.2) is 133 Å². The van der Waals surface area contributed by atoms with E-state index >= 15 is 0 Å². The van der Waals surface area contributed by atoms with Crippen molar-refractivity contribution >= 4 is 40.5 Å². The third-order valence-corrected chi connectivity index (χ3v) is 6.70. The standard InChI is InChI=1S/C31H24N4O4/c36-28-26(29(37)33(23-15-7-2-8-16-23)32(28)22-13-5-1-6-14-22)21-27-30(38)34(24-17-9-3-10-18-24)35(31(27)39)25-19-11-4-12-20-25/h1-21,26,28,36H. The van der Waals surface area contributed by atoms with Crippen LogP contribution in [-0.2, 0) is 14.4 Å². The van der Waals surface area contributed by atoms with Gasteiger partial charge in [-0.1, -0.05) is 72.8 Å². The lowest BCUT2D eigenvalue weighted by atomic mass is 10.0. The first-order chi connectivity index (χ1) is 19.1. The van der Waals surface area contributed by atoms with Gasteiger partial charge in [0, 0.05) is 0 Å². The zero-order valence-corrected chi connectivity index (χ0v) is 20.7. The van der Waals surface area contributed by atoms with Crippen LogP contribution in [-0.4, -0.2) is 29.1 Å². The molecule has 0 radical (unpaired) electrons. The monoisotopic (exact) mass is 516 g/mol. The Hall–Kier alpha value is -5.21. The third kappa shape index (κ3) is 4.13. The second-order valence-corrected chi connectivity index (χ2v) is 9.09. The number of nitrogens with zero attached hydrogens (tertiary/aromatic N) is 4. The van der Waals surface area contributed by atoms with E-state index in [9.17, 15) is 19.5 Å². The zero-order chi connectivity index (χ0) is 26.9. The van der Waals surface area contributed by atoms with Crippen molar-refractivity contribution in [2.24, 2.45) is 5.92 Å². The van der Waals surface area contributed by atoms with Crippen molar-refractivity contribution in [2.45, 2.75) is 6.23 Å². The number of aliphatic hydroxyl groups excluding tert-OH is 1. The Balaban J connectivity index is 1.44. The van der Waals surface area contributed by atoms with Crippen LogP contribution in [0.4, 0.5) is 22.7 Å². The molecule has 2 heterocycles. The minimum Gasteiger partial charge on any atom is -0.371 e. The Bertz CT molecular complexity index is 1490. The van der Waals surface area contributed by atoms with Crippen LogP contribution in [0.2, 0.25) is 0 Å². The van der Waals surface area contributed by atoms with E-state index in [1.54, 1.807) is 97.1 Å². The molecule has 0 saturated carbocycles. The molecule has 2 aliphatic rings. The molecule has 2 aliphatic heterocycles. The van der Waals surface area contributed by atoms with Gasteiger partial charge < -0.3 is 5.11 Å². The number of hydrogen-bond donors (Lipinski definition) is 1. The number of aliphatic hydroxyl groups is 1. The molecule has 0 bridgehead atoms. The maximum Gasteiger partial charge on any atom is 0.282 e. The van der Waals surface area contributed by atoms with Crippen molar-refractivity contribution in [3.63, 3.8) is 0 Å². The number of benzene rings is 4. The Morgan fingerprint density at radius 1 is 0.513 bits per heavy atom. The summed E-state index contributed by atoms with van der Waals surface area (Å²) in [5.74, 6) is -2.81. The van der Waals surface area contributed by atoms with Crippen LogP contribution in [0.3, 0.4) is 0 Å². The number of hydrogen-bond acceptors (Lipinski definition) is 5. The lowest BCUT2D eigenvalue weighted by molar-refractivity contribution is -0.120. The number of rotatable bonds is 5. The first kappa shape index (κ1) is 24.1. The Labute approximate surface area is 225 Å². The summed E-state index contributed by atoms with van der Waals surface area (Å²) in [6.45, 7) is 0. The van der Waals surface area contributed by atoms with E-state index in [1.807, 2.05) is 24.3 Å². The van der Waals surface area contributed by atoms with Crippen molar-refractivity contribution in [1.29, 1.82) is 0 Å². The first-order valence-corrected chi connectivity index (χ1v) is 12.5. The minimum atomic E-state index is -1.36. The van der Waals surface area contributed by atoms with Gasteiger partial charge in [0.2, 0.25) is 0 Å². The summed E-state index contributed by atoms with van der Waals surface area (Å²) >= 11 is 0. The molecule has 39 heavy (non-hydrogen) atoms. The van der Waals surface area contributed by atoms with E-state index in [1.165, 1.54) is 26.1 Å². The minimum absolute atomic E-state index is 0.192. The van der Waals surface area contributed by atoms with Gasteiger partial charge in [-0.2, -0.15) is 0 Å². The maximum absolute atomic E-state index is 13.8. The van der Waals surface area contributed by atoms with Crippen molar-refractivity contribution in [1.82, 2.24) is 0 Å². The van der Waals surface area contributed by atoms with E-state index in [2.05, 4.69) is 0 Å². The fraction of sp³-hybridized carbons (Fsp3) is 0.0645. The van der Waals surface area contributed by atoms with Crippen LogP contribution >= 0.6 is 0 Å². The molecule has 6 rings (SSSR count). The predicted molar refractivity (Wildman–Crippen MR) is 148 cm³/mol. The van der Waals surface area contributed by atoms with Gasteiger partial charge in [-0.15, -0.1) is 0 Å². The average Bonchev–Trinajstić information content (AvgIpc) is 3.39. The third-order valence-electron chi connectivity index (χ3n) is 6.70. The predicted octanol–water partition coefficient (Wildman–Crippen LogP) is 4.31. The summed E-state index contributed by atoms with van der Waals surface area (Å²) in [4.78, 5) is 41.4. The van der Waals surface area contributed by atoms with E-state index < -0.39 is 29.9 Å². The Morgan fingerprint density at radius 3 is 1.28 bits per heavy atom. The van der Waals surface area contributed by atoms with Crippen molar-refractivity contribution in [3.8, 4) is 0 Å². The van der Waals surface area contributed by atoms with Crippen LogP contribution < -0.4 is 20.0 Å². The molecule has 8 nitrogen and oxygen atoms in total. The normalized spacial score (nSPS) is 19.3. The van der Waals surface area contributed by atoms with Gasteiger partial charge in [0.1, 0.15) is 11.5 Å². The second-order valence-electron chi connectivity index (χ2n) is 9.09. The lowest BCUT2D eigenvalue weighted by Crippen LogP contribution is -2.43. The van der Waals surface area contributed by atoms with Gasteiger partial charge in [-0.05, 0) is 54.6 Å². The molecule has 2 unspecified atom stereocenters. The highest BCUT2D eigenvalue weighted by Gasteiger charge is 2.49. The highest BCUT2D eigenvalue weighted by molar-refractivity contribution is 6.36. The van der Waals surface area contributed by atoms with Crippen LogP contribution in [0.1, 0.15) is 0 Å². The molecule has 8 heteroatoms. The van der Waals surface area contributed by atoms with E-state index in [4.69, 9.17) is 0 Å². The second kappa shape index (κ2) is 9.92. The molecule has 0 aliphatic carbocycles. The number of carbonyl (C=O) groups excluding carboxylic acids is 3. The first-order valence-electron chi connectivity index (χ1n) is 12.5. The molecule has 1 N–H and O–H groups in total. The lowest BCUT2D eigenvalue weighted by Gasteiger charge is -2.31. The SMILES string of the molecule is O=C1C(=CC2C(=O)N(c3ccccc3)N(c3ccccc3)C2O)C(=O)N(c2ccccc2)N1c1ccccc1. The van der Waals surface area contributed by atoms with Gasteiger partial charge in [-0.25, -0.2) is 20.0 Å². The molecule has 0 aromatic heterocycles. The van der Waals surface area contributed by atoms with Gasteiger partial charge >= 0.3 is 0 Å². The highest BCUT2D eigenvalue weighted by atomic mass is 16.3. The summed E-state index contributed by atoms with van der Waals surface area (Å²) in [6.07, 6.45) is -0.0562. The van der Waals surface area contributed by atoms with Crippen LogP contribution in [0.5, 0.6) is 0 Å². The molecular weight excluding hydrogens is 492 g/mol. The molecule has 4 aromatic carbocycles. The molecule has 2 atom stereocenters. The van der Waals surface area contributed by atoms with E-state index in [0.29, 0.717) is 22.7 Å². The number of para-hydroxylation sites is 4. The fourth-order valence-electron chi connectivity index (χ4n) is 4.90. The Kier molecular flexibility index (Phi) is 6.14. The summed E-state index contributed by atoms with van der Waals surface area (Å²) in [6, 6.07) is 35.6. The van der Waals surface area contributed by atoms with Gasteiger partial charge in [0.25, 0.3) is 17.7 Å². The van der Waals surface area contributed by atoms with Gasteiger partial charge in [0.15, 0.2) is 6.23 Å². The van der Waals surface area contributed by atoms with E-state index in [-0.39, 0.29) is 5.57 Å². The summed E-state index contributed by atoms with van der Waals surface area (Å²) in [5.41, 5.74) is 1.94. The largest absolute Gasteiger partial charge is 0.371 e. The molecule has 0 spiro atoms. The maximum atomic E-state index is 13.8. The fourth-order valence-corrected chi connectivity index (χ4v) is 4.90. The molecule has 2 saturated heterocycles. The molecule has 3 amide bonds. The average molecular weight is 517 g/mol. The van der Waals surface area contributed by atoms with Crippen molar-refractivity contribution in [3.05, 3.63) is 133 Å². The molecule has 2 fully saturated rings. The zero-order valence-electron chi connectivity index (χ0n) is 20.7. The van der Waals surface area contributed by atoms with Crippen molar-refractivity contribution < 1.29 is 19.5 Å². The number of amides is 3. The van der Waals surface area contributed by atoms with Crippen LogP contribution in [0.25, 0.3) is 0 Å². The smallest absolute Gasteiger partial charge is 0.282 e. The van der Waals surface area contributed by atoms with Crippen molar-refractivity contribution in [2.75, 3.05) is 20.0 Å². The van der Waals surface area contributed by atoms with E-state index in [0.717, 1.165) is 0 Å². The highest BCUT2D eigenvalue weighted by Crippen LogP contribution is 2.37. The summed E-state index contributed by atoms with van der Waals surface area (Å²) in [7, 11) is 0. The van der Waals surface area contributed by atoms with Gasteiger partial charge in [-0.3, -0.25) is 14.4 Å². The molecular formula is C31H24N4O4. The summed E-state index contributed by atoms with van der Waals surface area (Å²) < 4.78 is 0. The summed E-state index contributed by atoms with van der Waals surface area (Å²) in [5, 5.41) is 16.9. The number of anilines is 4.